The summed E-state index contributed by atoms with van der Waals surface area (Å²) < 4.78 is 16.9. The zero-order chi connectivity index (χ0) is 61.0. The van der Waals surface area contributed by atoms with E-state index >= 15 is 0 Å². The number of hydrogen-bond acceptors (Lipinski definition) is 20. The van der Waals surface area contributed by atoms with Crippen molar-refractivity contribution >= 4 is 91.4 Å². The van der Waals surface area contributed by atoms with Gasteiger partial charge in [0.25, 0.3) is 0 Å². The maximum Gasteiger partial charge on any atom is 0.158 e. The van der Waals surface area contributed by atoms with Crippen LogP contribution in [-0.4, -0.2) is 114 Å². The number of nitrogen functional groups attached to an aromatic ring is 10. The Morgan fingerprint density at radius 1 is 0.506 bits per heavy atom. The van der Waals surface area contributed by atoms with Crippen molar-refractivity contribution in [3.8, 4) is 5.75 Å². The zero-order valence-corrected chi connectivity index (χ0v) is 52.8. The number of anilines is 14. The molecule has 0 radical (unpaired) electrons. The van der Waals surface area contributed by atoms with Crippen molar-refractivity contribution in [1.82, 2.24) is 9.80 Å². The predicted octanol–water partition coefficient (Wildman–Crippen LogP) is 8.80. The molecule has 5 heterocycles. The molecule has 0 spiro atoms. The highest BCUT2D eigenvalue weighted by Gasteiger charge is 2.28. The highest BCUT2D eigenvalue weighted by atomic mass is 32.2. The standard InChI is InChI=1S/C15H26N4.C13H22N4.C13H21N3O.C12H19N3O.C10H14N2OS/c1-4-19(5-2)9-11-7-12-13(16)6-10(3)14(17)15(12)18-8-11;1-8-4-11(14)10-5-9(7-17(2)3)6-16-13(10)12(8)15;1-3-4-17-9-6-10-11(14)5-8(2)12(15)13(10)16-7-9;1-3-16-8-5-9-10(13)4-7(2)11(14)12(9)15-6-8;1-5-6(2)8(12)10-9(7(5)11)13-3-4-14-10/h6,11,18H,4-5,7-9,16-17H2,1-3H3;4,9,16H,5-7,14-15H2,1-3H3;5,9,16H,3-4,6-7,14-15H2,1-2H3;4,8,15H,3,5-6,13-14H2,1-2H3;3-4,11-12H2,1-2H3. The maximum absolute atomic E-state index is 6.16. The molecule has 20 heteroatoms. The lowest BCUT2D eigenvalue weighted by Crippen LogP contribution is -2.36. The Morgan fingerprint density at radius 3 is 1.29 bits per heavy atom. The van der Waals surface area contributed by atoms with E-state index in [2.05, 4.69) is 65.9 Å². The van der Waals surface area contributed by atoms with E-state index in [1.165, 1.54) is 11.1 Å². The van der Waals surface area contributed by atoms with Crippen molar-refractivity contribution in [3.05, 3.63) is 79.9 Å². The van der Waals surface area contributed by atoms with Crippen LogP contribution in [0.4, 0.5) is 79.6 Å². The molecule has 0 saturated carbocycles. The Balaban J connectivity index is 0.000000167. The number of nitrogens with two attached hydrogens (primary N) is 10. The third-order valence-corrected chi connectivity index (χ3v) is 17.6. The van der Waals surface area contributed by atoms with Crippen LogP contribution in [0.1, 0.15) is 89.8 Å². The molecular weight excluding hydrogens is 1060 g/mol. The number of ether oxygens (including phenoxy) is 3. The van der Waals surface area contributed by atoms with E-state index in [1.54, 1.807) is 11.8 Å². The largest absolute Gasteiger partial charge is 0.489 e. The first-order valence-electron chi connectivity index (χ1n) is 29.6. The molecule has 19 nitrogen and oxygen atoms in total. The summed E-state index contributed by atoms with van der Waals surface area (Å²) in [6, 6.07) is 7.85. The highest BCUT2D eigenvalue weighted by molar-refractivity contribution is 7.99. The number of hydrogen-bond donors (Lipinski definition) is 14. The van der Waals surface area contributed by atoms with E-state index in [-0.39, 0.29) is 12.2 Å². The van der Waals surface area contributed by atoms with E-state index in [0.717, 1.165) is 238 Å². The Morgan fingerprint density at radius 2 is 0.892 bits per heavy atom. The molecule has 0 aliphatic carbocycles. The van der Waals surface area contributed by atoms with Crippen molar-refractivity contribution in [2.75, 3.05) is 171 Å². The average Bonchev–Trinajstić information content (AvgIpc) is 3.53. The van der Waals surface area contributed by atoms with Crippen LogP contribution in [0.3, 0.4) is 0 Å². The molecule has 0 saturated heterocycles. The summed E-state index contributed by atoms with van der Waals surface area (Å²) in [5.74, 6) is 2.93. The minimum absolute atomic E-state index is 0.196. The average molecular weight is 1160 g/mol. The van der Waals surface area contributed by atoms with E-state index in [0.29, 0.717) is 18.4 Å². The smallest absolute Gasteiger partial charge is 0.158 e. The summed E-state index contributed by atoms with van der Waals surface area (Å²) in [6.07, 6.45) is 5.15. The molecule has 5 aliphatic heterocycles. The molecule has 83 heavy (non-hydrogen) atoms. The van der Waals surface area contributed by atoms with Crippen LogP contribution in [0, 0.1) is 53.4 Å². The van der Waals surface area contributed by atoms with E-state index < -0.39 is 0 Å². The van der Waals surface area contributed by atoms with Gasteiger partial charge < -0.3 is 103 Å². The highest BCUT2D eigenvalue weighted by Crippen LogP contribution is 2.46. The summed E-state index contributed by atoms with van der Waals surface area (Å²) in [5, 5.41) is 13.6. The molecule has 0 amide bonds. The fourth-order valence-electron chi connectivity index (χ4n) is 11.5. The van der Waals surface area contributed by atoms with Crippen molar-refractivity contribution in [2.45, 2.75) is 118 Å². The quantitative estimate of drug-likeness (QED) is 0.0549. The first kappa shape index (κ1) is 65.4. The molecule has 5 aromatic carbocycles. The number of fused-ring (bicyclic) bond motifs is 5. The van der Waals surface area contributed by atoms with E-state index in [9.17, 15) is 0 Å². The SMILES string of the molecule is CCCOC1CNc2c(N)c(C)cc(N)c2C1.CCN(CC)CC1CNc2c(N)c(C)cc(N)c2C1.CCOC1CNc2c(N)c(C)cc(N)c2C1.Cc1c(C)c(N)c2c(c1N)OCCS2.Cc1cc(N)c2c(c1N)NCC(CN(C)C)C2. The van der Waals surface area contributed by atoms with Crippen molar-refractivity contribution < 1.29 is 14.2 Å². The van der Waals surface area contributed by atoms with Gasteiger partial charge in [0.05, 0.1) is 80.6 Å². The Bertz CT molecular complexity index is 2990. The van der Waals surface area contributed by atoms with Gasteiger partial charge >= 0.3 is 0 Å². The second-order valence-electron chi connectivity index (χ2n) is 23.0. The van der Waals surface area contributed by atoms with Crippen molar-refractivity contribution in [1.29, 1.82) is 0 Å². The molecule has 24 N–H and O–H groups in total. The van der Waals surface area contributed by atoms with Gasteiger partial charge in [-0.1, -0.05) is 20.8 Å². The lowest BCUT2D eigenvalue weighted by atomic mass is 9.90. The minimum Gasteiger partial charge on any atom is -0.489 e. The number of rotatable bonds is 11. The van der Waals surface area contributed by atoms with Gasteiger partial charge in [-0.25, -0.2) is 0 Å². The lowest BCUT2D eigenvalue weighted by molar-refractivity contribution is 0.0609. The number of nitrogens with one attached hydrogen (secondary N) is 4. The van der Waals surface area contributed by atoms with Crippen LogP contribution in [0.2, 0.25) is 0 Å². The number of nitrogens with zero attached hydrogens (tertiary/aromatic N) is 2. The number of aryl methyl sites for hydroxylation is 4. The second-order valence-corrected chi connectivity index (χ2v) is 24.1. The van der Waals surface area contributed by atoms with Crippen LogP contribution < -0.4 is 83.3 Å². The predicted molar refractivity (Wildman–Crippen MR) is 359 cm³/mol. The molecule has 0 aromatic heterocycles. The molecular formula is C63H102N16O3S. The summed E-state index contributed by atoms with van der Waals surface area (Å²) >= 11 is 1.72. The van der Waals surface area contributed by atoms with Gasteiger partial charge in [0, 0.05) is 116 Å². The first-order valence-corrected chi connectivity index (χ1v) is 30.6. The number of thioether (sulfide) groups is 1. The van der Waals surface area contributed by atoms with Crippen molar-refractivity contribution in [2.24, 2.45) is 11.8 Å². The molecule has 0 fully saturated rings. The Kier molecular flexibility index (Phi) is 23.4. The van der Waals surface area contributed by atoms with Gasteiger partial charge in [-0.3, -0.25) is 0 Å². The molecule has 458 valence electrons. The van der Waals surface area contributed by atoms with Gasteiger partial charge in [-0.15, -0.1) is 11.8 Å². The van der Waals surface area contributed by atoms with Gasteiger partial charge in [0.15, 0.2) is 5.75 Å². The molecule has 4 atom stereocenters. The fourth-order valence-corrected chi connectivity index (χ4v) is 12.5. The summed E-state index contributed by atoms with van der Waals surface area (Å²) in [7, 11) is 4.20. The topological polar surface area (TPSA) is 342 Å². The van der Waals surface area contributed by atoms with Gasteiger partial charge in [0.2, 0.25) is 0 Å². The van der Waals surface area contributed by atoms with E-state index in [1.807, 2.05) is 72.7 Å². The minimum atomic E-state index is 0.196. The van der Waals surface area contributed by atoms with Crippen LogP contribution >= 0.6 is 11.8 Å². The monoisotopic (exact) mass is 1160 g/mol. The first-order chi connectivity index (χ1) is 39.4. The van der Waals surface area contributed by atoms with Crippen LogP contribution in [-0.2, 0) is 35.2 Å². The van der Waals surface area contributed by atoms with E-state index in [4.69, 9.17) is 71.5 Å². The lowest BCUT2D eigenvalue weighted by Gasteiger charge is -2.32. The summed E-state index contributed by atoms with van der Waals surface area (Å²) in [6.45, 7) is 30.7. The van der Waals surface area contributed by atoms with Gasteiger partial charge in [0.1, 0.15) is 0 Å². The molecule has 5 aliphatic rings. The normalized spacial score (nSPS) is 18.0. The molecule has 0 bridgehead atoms. The van der Waals surface area contributed by atoms with Crippen LogP contribution in [0.15, 0.2) is 29.2 Å². The molecule has 10 rings (SSSR count). The third kappa shape index (κ3) is 15.9. The summed E-state index contributed by atoms with van der Waals surface area (Å²) in [5.41, 5.74) is 83.8. The number of benzene rings is 5. The fraction of sp³-hybridized carbons (Fsp3) is 0.524. The zero-order valence-electron chi connectivity index (χ0n) is 51.9. The van der Waals surface area contributed by atoms with Crippen LogP contribution in [0.5, 0.6) is 5.75 Å². The molecule has 4 unspecified atom stereocenters. The van der Waals surface area contributed by atoms with Gasteiger partial charge in [-0.05, 0) is 164 Å². The summed E-state index contributed by atoms with van der Waals surface area (Å²) in [4.78, 5) is 5.69. The molecule has 5 aromatic rings. The van der Waals surface area contributed by atoms with Crippen molar-refractivity contribution in [3.63, 3.8) is 0 Å². The maximum atomic E-state index is 6.16. The Hall–Kier alpha value is -6.71. The second kappa shape index (κ2) is 29.7. The van der Waals surface area contributed by atoms with Crippen LogP contribution in [0.25, 0.3) is 0 Å². The third-order valence-electron chi connectivity index (χ3n) is 16.5. The Labute approximate surface area is 499 Å². The van der Waals surface area contributed by atoms with Gasteiger partial charge in [-0.2, -0.15) is 0 Å².